The molecule has 1 rings (SSSR count). The molecule has 0 bridgehead atoms. The highest BCUT2D eigenvalue weighted by Gasteiger charge is 2.18. The van der Waals surface area contributed by atoms with Crippen LogP contribution in [0.2, 0.25) is 5.02 Å². The van der Waals surface area contributed by atoms with Crippen LogP contribution in [-0.2, 0) is 6.54 Å². The van der Waals surface area contributed by atoms with Gasteiger partial charge in [-0.1, -0.05) is 31.5 Å². The molecule has 1 nitrogen and oxygen atoms in total. The lowest BCUT2D eigenvalue weighted by Gasteiger charge is -2.28. The van der Waals surface area contributed by atoms with Gasteiger partial charge < -0.3 is 5.32 Å². The van der Waals surface area contributed by atoms with E-state index < -0.39 is 0 Å². The first-order chi connectivity index (χ1) is 7.50. The van der Waals surface area contributed by atoms with Gasteiger partial charge in [-0.15, -0.1) is 0 Å². The fourth-order valence-electron chi connectivity index (χ4n) is 1.47. The maximum Gasteiger partial charge on any atom is 0.141 e. The number of halogens is 2. The van der Waals surface area contributed by atoms with Crippen LogP contribution in [-0.4, -0.2) is 5.54 Å². The summed E-state index contributed by atoms with van der Waals surface area (Å²) in [5, 5.41) is 3.67. The summed E-state index contributed by atoms with van der Waals surface area (Å²) in [6.07, 6.45) is 2.14. The highest BCUT2D eigenvalue weighted by molar-refractivity contribution is 6.30. The van der Waals surface area contributed by atoms with Gasteiger partial charge in [0.2, 0.25) is 0 Å². The summed E-state index contributed by atoms with van der Waals surface area (Å²) in [6.45, 7) is 7.23. The van der Waals surface area contributed by atoms with Gasteiger partial charge in [-0.05, 0) is 37.5 Å². The van der Waals surface area contributed by atoms with Gasteiger partial charge in [0, 0.05) is 12.1 Å². The van der Waals surface area contributed by atoms with Gasteiger partial charge >= 0.3 is 0 Å². The summed E-state index contributed by atoms with van der Waals surface area (Å²) in [5.74, 6) is -0.362. The quantitative estimate of drug-likeness (QED) is 0.819. The summed E-state index contributed by atoms with van der Waals surface area (Å²) in [5.41, 5.74) is 1.15. The highest BCUT2D eigenvalue weighted by atomic mass is 35.5. The Bertz CT molecular complexity index is 348. The van der Waals surface area contributed by atoms with Crippen LogP contribution in [0.1, 0.15) is 39.2 Å². The normalized spacial score (nSPS) is 11.8. The average molecular weight is 244 g/mol. The van der Waals surface area contributed by atoms with Crippen molar-refractivity contribution in [2.24, 2.45) is 0 Å². The molecule has 0 saturated carbocycles. The number of hydrogen-bond acceptors (Lipinski definition) is 1. The topological polar surface area (TPSA) is 12.0 Å². The van der Waals surface area contributed by atoms with Gasteiger partial charge in [-0.2, -0.15) is 0 Å². The van der Waals surface area contributed by atoms with Gasteiger partial charge in [-0.3, -0.25) is 0 Å². The smallest absolute Gasteiger partial charge is 0.141 e. The lowest BCUT2D eigenvalue weighted by Crippen LogP contribution is -2.40. The Labute approximate surface area is 102 Å². The van der Waals surface area contributed by atoms with Crippen molar-refractivity contribution in [1.82, 2.24) is 5.32 Å². The Morgan fingerprint density at radius 2 is 1.94 bits per heavy atom. The second-order valence-electron chi connectivity index (χ2n) is 4.37. The zero-order valence-corrected chi connectivity index (χ0v) is 10.9. The Morgan fingerprint density at radius 3 is 2.44 bits per heavy atom. The summed E-state index contributed by atoms with van der Waals surface area (Å²) in [6, 6.07) is 4.85. The molecule has 0 aliphatic carbocycles. The Hall–Kier alpha value is -0.600. The van der Waals surface area contributed by atoms with E-state index in [9.17, 15) is 4.39 Å². The number of hydrogen-bond donors (Lipinski definition) is 1. The Balaban J connectivity index is 2.64. The molecule has 3 heteroatoms. The molecule has 0 heterocycles. The van der Waals surface area contributed by atoms with E-state index in [-0.39, 0.29) is 16.4 Å². The standard InChI is InChI=1S/C13H19ClFN/c1-4-13(3,5-2)16-9-10-6-7-12(15)11(14)8-10/h6-8,16H,4-5,9H2,1-3H3. The van der Waals surface area contributed by atoms with Crippen molar-refractivity contribution in [3.63, 3.8) is 0 Å². The molecule has 90 valence electrons. The van der Waals surface area contributed by atoms with Gasteiger partial charge in [0.15, 0.2) is 0 Å². The zero-order chi connectivity index (χ0) is 12.2. The minimum atomic E-state index is -0.362. The summed E-state index contributed by atoms with van der Waals surface area (Å²) in [7, 11) is 0. The molecule has 0 aromatic heterocycles. The van der Waals surface area contributed by atoms with Crippen molar-refractivity contribution < 1.29 is 4.39 Å². The first-order valence-electron chi connectivity index (χ1n) is 5.69. The summed E-state index contributed by atoms with van der Waals surface area (Å²) >= 11 is 5.73. The van der Waals surface area contributed by atoms with E-state index in [1.165, 1.54) is 6.07 Å². The van der Waals surface area contributed by atoms with E-state index in [2.05, 4.69) is 26.1 Å². The monoisotopic (exact) mass is 243 g/mol. The molecule has 0 spiro atoms. The molecule has 1 aromatic carbocycles. The minimum absolute atomic E-state index is 0.140. The van der Waals surface area contributed by atoms with Crippen molar-refractivity contribution in [3.8, 4) is 0 Å². The van der Waals surface area contributed by atoms with Gasteiger partial charge in [-0.25, -0.2) is 4.39 Å². The lowest BCUT2D eigenvalue weighted by atomic mass is 9.95. The molecule has 0 aliphatic rings. The molecule has 0 fully saturated rings. The van der Waals surface area contributed by atoms with Crippen LogP contribution < -0.4 is 5.32 Å². The van der Waals surface area contributed by atoms with Crippen LogP contribution >= 0.6 is 11.6 Å². The molecule has 0 atom stereocenters. The third-order valence-corrected chi connectivity index (χ3v) is 3.55. The van der Waals surface area contributed by atoms with Crippen molar-refractivity contribution in [2.45, 2.75) is 45.7 Å². The van der Waals surface area contributed by atoms with E-state index in [4.69, 9.17) is 11.6 Å². The maximum absolute atomic E-state index is 13.0. The van der Waals surface area contributed by atoms with Crippen molar-refractivity contribution in [2.75, 3.05) is 0 Å². The third kappa shape index (κ3) is 3.46. The predicted octanol–water partition coefficient (Wildman–Crippen LogP) is 4.15. The van der Waals surface area contributed by atoms with E-state index in [1.54, 1.807) is 12.1 Å². The van der Waals surface area contributed by atoms with Gasteiger partial charge in [0.1, 0.15) is 5.82 Å². The fraction of sp³-hybridized carbons (Fsp3) is 0.538. The van der Waals surface area contributed by atoms with Crippen LogP contribution in [0.3, 0.4) is 0 Å². The van der Waals surface area contributed by atoms with Crippen molar-refractivity contribution >= 4 is 11.6 Å². The molecular weight excluding hydrogens is 225 g/mol. The number of benzene rings is 1. The second-order valence-corrected chi connectivity index (χ2v) is 4.78. The van der Waals surface area contributed by atoms with Gasteiger partial charge in [0.25, 0.3) is 0 Å². The first-order valence-corrected chi connectivity index (χ1v) is 6.07. The lowest BCUT2D eigenvalue weighted by molar-refractivity contribution is 0.329. The number of nitrogens with one attached hydrogen (secondary N) is 1. The molecular formula is C13H19ClFN. The van der Waals surface area contributed by atoms with Crippen LogP contribution in [0.15, 0.2) is 18.2 Å². The van der Waals surface area contributed by atoms with E-state index in [0.717, 1.165) is 24.9 Å². The minimum Gasteiger partial charge on any atom is -0.307 e. The van der Waals surface area contributed by atoms with Crippen LogP contribution in [0.4, 0.5) is 4.39 Å². The molecule has 1 N–H and O–H groups in total. The maximum atomic E-state index is 13.0. The number of rotatable bonds is 5. The van der Waals surface area contributed by atoms with E-state index in [0.29, 0.717) is 0 Å². The molecule has 16 heavy (non-hydrogen) atoms. The second kappa shape index (κ2) is 5.65. The largest absolute Gasteiger partial charge is 0.307 e. The molecule has 0 unspecified atom stereocenters. The van der Waals surface area contributed by atoms with Crippen molar-refractivity contribution in [1.29, 1.82) is 0 Å². The SMILES string of the molecule is CCC(C)(CC)NCc1ccc(F)c(Cl)c1. The molecule has 1 aromatic rings. The highest BCUT2D eigenvalue weighted by Crippen LogP contribution is 2.18. The zero-order valence-electron chi connectivity index (χ0n) is 10.1. The van der Waals surface area contributed by atoms with E-state index >= 15 is 0 Å². The fourth-order valence-corrected chi connectivity index (χ4v) is 1.67. The molecule has 0 amide bonds. The molecule has 0 aliphatic heterocycles. The Kier molecular flexibility index (Phi) is 4.75. The summed E-state index contributed by atoms with van der Waals surface area (Å²) in [4.78, 5) is 0. The average Bonchev–Trinajstić information content (AvgIpc) is 2.30. The van der Waals surface area contributed by atoms with Crippen LogP contribution in [0, 0.1) is 5.82 Å². The van der Waals surface area contributed by atoms with E-state index in [1.807, 2.05) is 0 Å². The first kappa shape index (κ1) is 13.5. The predicted molar refractivity (Wildman–Crippen MR) is 67.2 cm³/mol. The third-order valence-electron chi connectivity index (χ3n) is 3.26. The van der Waals surface area contributed by atoms with Gasteiger partial charge in [0.05, 0.1) is 5.02 Å². The Morgan fingerprint density at radius 1 is 1.31 bits per heavy atom. The molecule has 0 radical (unpaired) electrons. The van der Waals surface area contributed by atoms with Crippen LogP contribution in [0.5, 0.6) is 0 Å². The molecule has 0 saturated heterocycles. The van der Waals surface area contributed by atoms with Crippen molar-refractivity contribution in [3.05, 3.63) is 34.6 Å². The van der Waals surface area contributed by atoms with Crippen LogP contribution in [0.25, 0.3) is 0 Å². The summed E-state index contributed by atoms with van der Waals surface area (Å²) < 4.78 is 13.0.